The van der Waals surface area contributed by atoms with Gasteiger partial charge in [0.2, 0.25) is 5.91 Å². The number of rotatable bonds is 6. The van der Waals surface area contributed by atoms with Crippen molar-refractivity contribution in [3.63, 3.8) is 0 Å². The summed E-state index contributed by atoms with van der Waals surface area (Å²) in [5.41, 5.74) is 2.16. The highest BCUT2D eigenvalue weighted by atomic mass is 16.5. The number of aryl methyl sites for hydroxylation is 1. The lowest BCUT2D eigenvalue weighted by Gasteiger charge is -2.16. The molecule has 0 aliphatic heterocycles. The zero-order valence-electron chi connectivity index (χ0n) is 11.5. The number of amides is 1. The van der Waals surface area contributed by atoms with Crippen LogP contribution in [-0.2, 0) is 4.79 Å². The maximum absolute atomic E-state index is 11.6. The van der Waals surface area contributed by atoms with E-state index in [-0.39, 0.29) is 11.9 Å². The van der Waals surface area contributed by atoms with Gasteiger partial charge in [0.25, 0.3) is 0 Å². The van der Waals surface area contributed by atoms with Crippen molar-refractivity contribution in [1.82, 2.24) is 10.6 Å². The zero-order chi connectivity index (χ0) is 13.5. The topological polar surface area (TPSA) is 50.4 Å². The van der Waals surface area contributed by atoms with Crippen molar-refractivity contribution in [2.24, 2.45) is 0 Å². The third-order valence-electron chi connectivity index (χ3n) is 2.90. The molecule has 0 heterocycles. The van der Waals surface area contributed by atoms with Crippen molar-refractivity contribution in [2.45, 2.75) is 26.3 Å². The first kappa shape index (κ1) is 14.5. The van der Waals surface area contributed by atoms with Gasteiger partial charge in [-0.05, 0) is 38.1 Å². The Morgan fingerprint density at radius 3 is 2.72 bits per heavy atom. The van der Waals surface area contributed by atoms with E-state index in [0.29, 0.717) is 13.0 Å². The standard InChI is InChI=1S/C14H22N2O2/c1-10-9-12(5-6-13(10)18-4)11(2)16-14(17)7-8-15-3/h5-6,9,11,15H,7-8H2,1-4H3,(H,16,17). The molecule has 1 aromatic carbocycles. The fraction of sp³-hybridized carbons (Fsp3) is 0.500. The van der Waals surface area contributed by atoms with Gasteiger partial charge >= 0.3 is 0 Å². The Kier molecular flexibility index (Phi) is 5.65. The van der Waals surface area contributed by atoms with Crippen molar-refractivity contribution in [3.05, 3.63) is 29.3 Å². The van der Waals surface area contributed by atoms with Gasteiger partial charge in [-0.3, -0.25) is 4.79 Å². The van der Waals surface area contributed by atoms with Crippen molar-refractivity contribution in [1.29, 1.82) is 0 Å². The van der Waals surface area contributed by atoms with Crippen molar-refractivity contribution in [2.75, 3.05) is 20.7 Å². The molecule has 0 bridgehead atoms. The first-order valence-electron chi connectivity index (χ1n) is 6.17. The molecule has 0 aliphatic rings. The molecule has 1 amide bonds. The molecule has 1 rings (SSSR count). The van der Waals surface area contributed by atoms with Gasteiger partial charge in [0, 0.05) is 13.0 Å². The number of methoxy groups -OCH3 is 1. The van der Waals surface area contributed by atoms with E-state index in [9.17, 15) is 4.79 Å². The highest BCUT2D eigenvalue weighted by Gasteiger charge is 2.10. The second-order valence-corrected chi connectivity index (χ2v) is 4.37. The molecule has 0 fully saturated rings. The van der Waals surface area contributed by atoms with Crippen LogP contribution in [0.5, 0.6) is 5.75 Å². The van der Waals surface area contributed by atoms with Crippen LogP contribution >= 0.6 is 0 Å². The summed E-state index contributed by atoms with van der Waals surface area (Å²) in [6, 6.07) is 5.97. The largest absolute Gasteiger partial charge is 0.496 e. The van der Waals surface area contributed by atoms with E-state index in [1.165, 1.54) is 0 Å². The molecule has 4 heteroatoms. The summed E-state index contributed by atoms with van der Waals surface area (Å²) in [6.45, 7) is 4.68. The first-order chi connectivity index (χ1) is 8.58. The van der Waals surface area contributed by atoms with Gasteiger partial charge < -0.3 is 15.4 Å². The van der Waals surface area contributed by atoms with E-state index >= 15 is 0 Å². The predicted octanol–water partition coefficient (Wildman–Crippen LogP) is 1.79. The SMILES string of the molecule is CNCCC(=O)NC(C)c1ccc(OC)c(C)c1. The summed E-state index contributed by atoms with van der Waals surface area (Å²) < 4.78 is 5.22. The Morgan fingerprint density at radius 1 is 1.44 bits per heavy atom. The number of benzene rings is 1. The molecule has 1 atom stereocenters. The minimum Gasteiger partial charge on any atom is -0.496 e. The molecule has 1 aromatic rings. The highest BCUT2D eigenvalue weighted by molar-refractivity contribution is 5.76. The third-order valence-corrected chi connectivity index (χ3v) is 2.90. The van der Waals surface area contributed by atoms with Crippen molar-refractivity contribution >= 4 is 5.91 Å². The molecule has 4 nitrogen and oxygen atoms in total. The average Bonchev–Trinajstić information content (AvgIpc) is 2.36. The Bertz CT molecular complexity index is 405. The molecule has 100 valence electrons. The molecule has 0 saturated carbocycles. The van der Waals surface area contributed by atoms with Crippen molar-refractivity contribution < 1.29 is 9.53 Å². The number of carbonyl (C=O) groups excluding carboxylic acids is 1. The number of nitrogens with one attached hydrogen (secondary N) is 2. The van der Waals surface area contributed by atoms with Crippen LogP contribution in [0.15, 0.2) is 18.2 Å². The molecule has 0 aliphatic carbocycles. The molecular formula is C14H22N2O2. The Hall–Kier alpha value is -1.55. The summed E-state index contributed by atoms with van der Waals surface area (Å²) in [7, 11) is 3.49. The van der Waals surface area contributed by atoms with Crippen LogP contribution in [0.3, 0.4) is 0 Å². The van der Waals surface area contributed by atoms with E-state index in [0.717, 1.165) is 16.9 Å². The van der Waals surface area contributed by atoms with Crippen LogP contribution in [-0.4, -0.2) is 26.6 Å². The minimum atomic E-state index is 0.0129. The maximum atomic E-state index is 11.6. The van der Waals surface area contributed by atoms with Crippen LogP contribution in [0, 0.1) is 6.92 Å². The second-order valence-electron chi connectivity index (χ2n) is 4.37. The number of hydrogen-bond donors (Lipinski definition) is 2. The third kappa shape index (κ3) is 4.04. The van der Waals surface area contributed by atoms with Gasteiger partial charge in [-0.2, -0.15) is 0 Å². The van der Waals surface area contributed by atoms with Crippen LogP contribution in [0.2, 0.25) is 0 Å². The monoisotopic (exact) mass is 250 g/mol. The smallest absolute Gasteiger partial charge is 0.221 e. The zero-order valence-corrected chi connectivity index (χ0v) is 11.5. The van der Waals surface area contributed by atoms with E-state index in [4.69, 9.17) is 4.74 Å². The average molecular weight is 250 g/mol. The number of ether oxygens (including phenoxy) is 1. The summed E-state index contributed by atoms with van der Waals surface area (Å²) in [5.74, 6) is 0.929. The fourth-order valence-electron chi connectivity index (χ4n) is 1.81. The normalized spacial score (nSPS) is 12.0. The summed E-state index contributed by atoms with van der Waals surface area (Å²) in [5, 5.41) is 5.93. The second kappa shape index (κ2) is 7.01. The molecule has 18 heavy (non-hydrogen) atoms. The summed E-state index contributed by atoms with van der Waals surface area (Å²) >= 11 is 0. The van der Waals surface area contributed by atoms with E-state index in [2.05, 4.69) is 10.6 Å². The number of hydrogen-bond acceptors (Lipinski definition) is 3. The summed E-state index contributed by atoms with van der Waals surface area (Å²) in [6.07, 6.45) is 0.496. The molecule has 0 aromatic heterocycles. The van der Waals surface area contributed by atoms with Crippen LogP contribution in [0.4, 0.5) is 0 Å². The lowest BCUT2D eigenvalue weighted by Crippen LogP contribution is -2.29. The van der Waals surface area contributed by atoms with Gasteiger partial charge in [-0.25, -0.2) is 0 Å². The van der Waals surface area contributed by atoms with Gasteiger partial charge in [-0.15, -0.1) is 0 Å². The van der Waals surface area contributed by atoms with E-state index < -0.39 is 0 Å². The molecule has 0 radical (unpaired) electrons. The molecule has 1 unspecified atom stereocenters. The fourth-order valence-corrected chi connectivity index (χ4v) is 1.81. The summed E-state index contributed by atoms with van der Waals surface area (Å²) in [4.78, 5) is 11.6. The van der Waals surface area contributed by atoms with Crippen LogP contribution in [0.1, 0.15) is 30.5 Å². The van der Waals surface area contributed by atoms with Gasteiger partial charge in [-0.1, -0.05) is 12.1 Å². The number of carbonyl (C=O) groups is 1. The lowest BCUT2D eigenvalue weighted by molar-refractivity contribution is -0.121. The van der Waals surface area contributed by atoms with Gasteiger partial charge in [0.05, 0.1) is 13.2 Å². The first-order valence-corrected chi connectivity index (χ1v) is 6.17. The molecule has 0 spiro atoms. The Morgan fingerprint density at radius 2 is 2.17 bits per heavy atom. The Labute approximate surface area is 109 Å². The predicted molar refractivity (Wildman–Crippen MR) is 72.8 cm³/mol. The minimum absolute atomic E-state index is 0.0129. The highest BCUT2D eigenvalue weighted by Crippen LogP contribution is 2.22. The maximum Gasteiger partial charge on any atom is 0.221 e. The van der Waals surface area contributed by atoms with E-state index in [1.54, 1.807) is 7.11 Å². The van der Waals surface area contributed by atoms with Crippen molar-refractivity contribution in [3.8, 4) is 5.75 Å². The molecular weight excluding hydrogens is 228 g/mol. The van der Waals surface area contributed by atoms with Crippen LogP contribution < -0.4 is 15.4 Å². The molecule has 2 N–H and O–H groups in total. The lowest BCUT2D eigenvalue weighted by atomic mass is 10.0. The van der Waals surface area contributed by atoms with Gasteiger partial charge in [0.15, 0.2) is 0 Å². The molecule has 0 saturated heterocycles. The quantitative estimate of drug-likeness (QED) is 0.809. The van der Waals surface area contributed by atoms with Crippen LogP contribution in [0.25, 0.3) is 0 Å². The van der Waals surface area contributed by atoms with Gasteiger partial charge in [0.1, 0.15) is 5.75 Å². The van der Waals surface area contributed by atoms with E-state index in [1.807, 2.05) is 39.1 Å². The Balaban J connectivity index is 2.63.